The van der Waals surface area contributed by atoms with Crippen LogP contribution in [0.15, 0.2) is 41.0 Å². The van der Waals surface area contributed by atoms with Crippen LogP contribution in [0, 0.1) is 5.82 Å². The van der Waals surface area contributed by atoms with Gasteiger partial charge in [-0.1, -0.05) is 17.7 Å². The van der Waals surface area contributed by atoms with Gasteiger partial charge in [-0.15, -0.1) is 0 Å². The van der Waals surface area contributed by atoms with Crippen molar-refractivity contribution in [3.8, 4) is 0 Å². The molecule has 0 amide bonds. The van der Waals surface area contributed by atoms with Crippen molar-refractivity contribution in [3.63, 3.8) is 0 Å². The highest BCUT2D eigenvalue weighted by Gasteiger charge is 2.22. The van der Waals surface area contributed by atoms with Gasteiger partial charge in [0.25, 0.3) is 0 Å². The normalized spacial score (nSPS) is 12.9. The highest BCUT2D eigenvalue weighted by Crippen LogP contribution is 2.29. The Morgan fingerprint density at radius 2 is 2.16 bits per heavy atom. The van der Waals surface area contributed by atoms with E-state index in [1.54, 1.807) is 18.4 Å². The van der Waals surface area contributed by atoms with Gasteiger partial charge < -0.3 is 10.2 Å². The lowest BCUT2D eigenvalue weighted by Crippen LogP contribution is -2.31. The van der Waals surface area contributed by atoms with Crippen LogP contribution in [0.4, 0.5) is 4.39 Å². The summed E-state index contributed by atoms with van der Waals surface area (Å²) in [6.07, 6.45) is 1.61. The Kier molecular flexibility index (Phi) is 4.58. The molecule has 3 nitrogen and oxygen atoms in total. The molecule has 102 valence electrons. The van der Waals surface area contributed by atoms with Gasteiger partial charge in [-0.2, -0.15) is 0 Å². The van der Waals surface area contributed by atoms with Crippen molar-refractivity contribution in [2.24, 2.45) is 5.73 Å². The quantitative estimate of drug-likeness (QED) is 0.916. The first-order chi connectivity index (χ1) is 9.13. The molecule has 2 aromatic rings. The summed E-state index contributed by atoms with van der Waals surface area (Å²) in [5, 5.41) is 0.391. The second-order valence-corrected chi connectivity index (χ2v) is 4.79. The maximum atomic E-state index is 13.9. The summed E-state index contributed by atoms with van der Waals surface area (Å²) in [6, 6.07) is 8.04. The Balaban J connectivity index is 2.24. The molecule has 19 heavy (non-hydrogen) atoms. The Morgan fingerprint density at radius 3 is 2.74 bits per heavy atom. The lowest BCUT2D eigenvalue weighted by atomic mass is 10.0. The molecule has 0 radical (unpaired) electrons. The zero-order chi connectivity index (χ0) is 13.8. The van der Waals surface area contributed by atoms with Crippen LogP contribution in [-0.4, -0.2) is 18.5 Å². The van der Waals surface area contributed by atoms with Crippen LogP contribution in [0.5, 0.6) is 0 Å². The van der Waals surface area contributed by atoms with E-state index in [1.807, 2.05) is 24.1 Å². The van der Waals surface area contributed by atoms with Gasteiger partial charge >= 0.3 is 0 Å². The molecule has 1 unspecified atom stereocenters. The lowest BCUT2D eigenvalue weighted by molar-refractivity contribution is 0.219. The first kappa shape index (κ1) is 14.1. The van der Waals surface area contributed by atoms with Crippen molar-refractivity contribution in [2.75, 3.05) is 13.6 Å². The van der Waals surface area contributed by atoms with Crippen molar-refractivity contribution < 1.29 is 8.81 Å². The van der Waals surface area contributed by atoms with Crippen LogP contribution in [-0.2, 0) is 6.54 Å². The summed E-state index contributed by atoms with van der Waals surface area (Å²) >= 11 is 6.08. The monoisotopic (exact) mass is 282 g/mol. The molecule has 0 aliphatic carbocycles. The van der Waals surface area contributed by atoms with E-state index in [2.05, 4.69) is 0 Å². The Bertz CT molecular complexity index is 510. The summed E-state index contributed by atoms with van der Waals surface area (Å²) in [4.78, 5) is 1.92. The zero-order valence-electron chi connectivity index (χ0n) is 10.6. The molecule has 5 heteroatoms. The maximum Gasteiger partial charge on any atom is 0.129 e. The second kappa shape index (κ2) is 6.19. The molecule has 0 aliphatic rings. The van der Waals surface area contributed by atoms with Crippen molar-refractivity contribution in [1.29, 1.82) is 0 Å². The van der Waals surface area contributed by atoms with E-state index >= 15 is 0 Å². The van der Waals surface area contributed by atoms with Crippen molar-refractivity contribution in [1.82, 2.24) is 4.90 Å². The number of hydrogen-bond acceptors (Lipinski definition) is 3. The number of hydrogen-bond donors (Lipinski definition) is 1. The van der Waals surface area contributed by atoms with E-state index in [0.717, 1.165) is 5.76 Å². The fourth-order valence-electron chi connectivity index (χ4n) is 2.11. The van der Waals surface area contributed by atoms with Crippen LogP contribution < -0.4 is 5.73 Å². The van der Waals surface area contributed by atoms with Gasteiger partial charge in [0.05, 0.1) is 18.8 Å². The van der Waals surface area contributed by atoms with E-state index in [1.165, 1.54) is 6.07 Å². The van der Waals surface area contributed by atoms with E-state index in [9.17, 15) is 4.39 Å². The van der Waals surface area contributed by atoms with Gasteiger partial charge in [0.15, 0.2) is 0 Å². The number of nitrogens with two attached hydrogens (primary N) is 1. The van der Waals surface area contributed by atoms with Gasteiger partial charge in [0.2, 0.25) is 0 Å². The highest BCUT2D eigenvalue weighted by molar-refractivity contribution is 6.31. The standard InChI is InChI=1S/C14H16ClFN2O/c1-18(9-10-4-3-7-19-10)13(8-17)14-11(15)5-2-6-12(14)16/h2-7,13H,8-9,17H2,1H3. The number of nitrogens with zero attached hydrogens (tertiary/aromatic N) is 1. The number of halogens is 2. The largest absolute Gasteiger partial charge is 0.468 e. The Labute approximate surface area is 116 Å². The zero-order valence-corrected chi connectivity index (χ0v) is 11.4. The summed E-state index contributed by atoms with van der Waals surface area (Å²) in [7, 11) is 1.86. The van der Waals surface area contributed by atoms with E-state index < -0.39 is 0 Å². The fraction of sp³-hybridized carbons (Fsp3) is 0.286. The number of likely N-dealkylation sites (N-methyl/N-ethyl adjacent to an activating group) is 1. The Hall–Kier alpha value is -1.36. The molecule has 0 saturated heterocycles. The molecule has 0 spiro atoms. The fourth-order valence-corrected chi connectivity index (χ4v) is 2.39. The Morgan fingerprint density at radius 1 is 1.37 bits per heavy atom. The predicted octanol–water partition coefficient (Wildman–Crippen LogP) is 3.20. The van der Waals surface area contributed by atoms with Crippen molar-refractivity contribution in [2.45, 2.75) is 12.6 Å². The molecule has 0 saturated carbocycles. The van der Waals surface area contributed by atoms with Gasteiger partial charge in [0, 0.05) is 17.1 Å². The molecule has 1 heterocycles. The predicted molar refractivity (Wildman–Crippen MR) is 73.4 cm³/mol. The molecule has 2 N–H and O–H groups in total. The highest BCUT2D eigenvalue weighted by atomic mass is 35.5. The van der Waals surface area contributed by atoms with Gasteiger partial charge in [0.1, 0.15) is 11.6 Å². The topological polar surface area (TPSA) is 42.4 Å². The van der Waals surface area contributed by atoms with Crippen LogP contribution in [0.2, 0.25) is 5.02 Å². The number of furan rings is 1. The molecule has 0 aliphatic heterocycles. The molecule has 0 fully saturated rings. The summed E-state index contributed by atoms with van der Waals surface area (Å²) in [6.45, 7) is 0.817. The molecule has 1 aromatic carbocycles. The first-order valence-corrected chi connectivity index (χ1v) is 6.38. The molecule has 2 rings (SSSR count). The van der Waals surface area contributed by atoms with Crippen molar-refractivity contribution >= 4 is 11.6 Å². The number of rotatable bonds is 5. The maximum absolute atomic E-state index is 13.9. The smallest absolute Gasteiger partial charge is 0.129 e. The summed E-state index contributed by atoms with van der Waals surface area (Å²) in [5.74, 6) is 0.461. The third-order valence-electron chi connectivity index (χ3n) is 3.07. The van der Waals surface area contributed by atoms with E-state index in [0.29, 0.717) is 17.1 Å². The minimum absolute atomic E-state index is 0.276. The molecule has 0 bridgehead atoms. The van der Waals surface area contributed by atoms with Crippen LogP contribution in [0.3, 0.4) is 0 Å². The van der Waals surface area contributed by atoms with Crippen LogP contribution >= 0.6 is 11.6 Å². The minimum Gasteiger partial charge on any atom is -0.468 e. The molecular weight excluding hydrogens is 267 g/mol. The third-order valence-corrected chi connectivity index (χ3v) is 3.40. The van der Waals surface area contributed by atoms with E-state index in [4.69, 9.17) is 21.8 Å². The molecule has 1 atom stereocenters. The number of benzene rings is 1. The first-order valence-electron chi connectivity index (χ1n) is 6.00. The van der Waals surface area contributed by atoms with Gasteiger partial charge in [-0.25, -0.2) is 4.39 Å². The van der Waals surface area contributed by atoms with Gasteiger partial charge in [-0.3, -0.25) is 4.90 Å². The van der Waals surface area contributed by atoms with Crippen LogP contribution in [0.25, 0.3) is 0 Å². The van der Waals surface area contributed by atoms with E-state index in [-0.39, 0.29) is 18.4 Å². The summed E-state index contributed by atoms with van der Waals surface area (Å²) in [5.41, 5.74) is 6.21. The van der Waals surface area contributed by atoms with Crippen LogP contribution in [0.1, 0.15) is 17.4 Å². The third kappa shape index (κ3) is 3.15. The second-order valence-electron chi connectivity index (χ2n) is 4.38. The molecule has 1 aromatic heterocycles. The lowest BCUT2D eigenvalue weighted by Gasteiger charge is -2.27. The minimum atomic E-state index is -0.339. The average Bonchev–Trinajstić information content (AvgIpc) is 2.86. The van der Waals surface area contributed by atoms with Gasteiger partial charge in [-0.05, 0) is 31.3 Å². The van der Waals surface area contributed by atoms with Crippen molar-refractivity contribution in [3.05, 3.63) is 58.8 Å². The average molecular weight is 283 g/mol. The molecular formula is C14H16ClFN2O. The summed E-state index contributed by atoms with van der Waals surface area (Å²) < 4.78 is 19.2. The SMILES string of the molecule is CN(Cc1ccco1)C(CN)c1c(F)cccc1Cl.